The fourth-order valence-corrected chi connectivity index (χ4v) is 3.59. The van der Waals surface area contributed by atoms with Gasteiger partial charge in [0.15, 0.2) is 18.9 Å². The summed E-state index contributed by atoms with van der Waals surface area (Å²) in [5.41, 5.74) is 3.41. The van der Waals surface area contributed by atoms with Crippen molar-refractivity contribution in [2.45, 2.75) is 33.2 Å². The van der Waals surface area contributed by atoms with Crippen LogP contribution in [0.5, 0.6) is 11.6 Å². The zero-order valence-electron chi connectivity index (χ0n) is 20.0. The Bertz CT molecular complexity index is 1160. The highest BCUT2D eigenvalue weighted by molar-refractivity contribution is 5.86. The summed E-state index contributed by atoms with van der Waals surface area (Å²) < 4.78 is 13.2. The molecular weight excluding hydrogens is 422 g/mol. The van der Waals surface area contributed by atoms with Crippen LogP contribution < -0.4 is 14.8 Å². The van der Waals surface area contributed by atoms with Crippen molar-refractivity contribution in [3.8, 4) is 11.6 Å². The molecule has 2 aromatic heterocycles. The number of carbonyl (C=O) groups is 2. The van der Waals surface area contributed by atoms with Gasteiger partial charge in [-0.1, -0.05) is 25.1 Å². The fraction of sp³-hybridized carbons (Fsp3) is 0.417. The highest BCUT2D eigenvalue weighted by Gasteiger charge is 2.20. The zero-order chi connectivity index (χ0) is 24.1. The summed E-state index contributed by atoms with van der Waals surface area (Å²) in [7, 11) is 5.15. The van der Waals surface area contributed by atoms with Crippen LogP contribution in [0.3, 0.4) is 0 Å². The minimum Gasteiger partial charge on any atom is -0.483 e. The number of carbonyl (C=O) groups excluding carboxylic acids is 2. The van der Waals surface area contributed by atoms with Crippen molar-refractivity contribution >= 4 is 22.8 Å². The second-order valence-corrected chi connectivity index (χ2v) is 8.14. The molecule has 9 nitrogen and oxygen atoms in total. The molecule has 0 saturated carbocycles. The Morgan fingerprint density at radius 2 is 1.88 bits per heavy atom. The number of rotatable bonds is 9. The minimum atomic E-state index is -0.293. The molecular formula is C24H31N5O4. The van der Waals surface area contributed by atoms with Crippen molar-refractivity contribution in [2.24, 2.45) is 7.05 Å². The quantitative estimate of drug-likeness (QED) is 0.535. The number of ether oxygens (including phenoxy) is 2. The largest absolute Gasteiger partial charge is 0.483 e. The number of benzene rings is 1. The molecule has 1 aromatic carbocycles. The second-order valence-electron chi connectivity index (χ2n) is 8.14. The van der Waals surface area contributed by atoms with Crippen molar-refractivity contribution < 1.29 is 19.1 Å². The Kier molecular flexibility index (Phi) is 7.52. The maximum atomic E-state index is 12.7. The molecule has 0 aliphatic rings. The molecule has 1 unspecified atom stereocenters. The van der Waals surface area contributed by atoms with E-state index < -0.39 is 0 Å². The van der Waals surface area contributed by atoms with E-state index in [4.69, 9.17) is 9.47 Å². The Balaban J connectivity index is 1.69. The summed E-state index contributed by atoms with van der Waals surface area (Å²) in [6, 6.07) is 9.05. The van der Waals surface area contributed by atoms with Crippen molar-refractivity contribution in [3.05, 3.63) is 47.2 Å². The van der Waals surface area contributed by atoms with Crippen LogP contribution in [0.15, 0.2) is 30.3 Å². The molecule has 0 saturated heterocycles. The topological polar surface area (TPSA) is 98.6 Å². The van der Waals surface area contributed by atoms with Gasteiger partial charge in [-0.05, 0) is 38.0 Å². The van der Waals surface area contributed by atoms with Gasteiger partial charge in [-0.3, -0.25) is 9.59 Å². The van der Waals surface area contributed by atoms with Gasteiger partial charge < -0.3 is 19.7 Å². The Hall–Kier alpha value is -3.62. The van der Waals surface area contributed by atoms with Crippen molar-refractivity contribution in [3.63, 3.8) is 0 Å². The minimum absolute atomic E-state index is 0.0723. The van der Waals surface area contributed by atoms with Gasteiger partial charge in [-0.15, -0.1) is 5.10 Å². The van der Waals surface area contributed by atoms with E-state index in [-0.39, 0.29) is 31.1 Å². The highest BCUT2D eigenvalue weighted by atomic mass is 16.5. The number of pyridine rings is 1. The number of para-hydroxylation sites is 1. The monoisotopic (exact) mass is 453 g/mol. The van der Waals surface area contributed by atoms with Gasteiger partial charge in [0, 0.05) is 32.4 Å². The number of fused-ring (bicyclic) bond motifs is 1. The number of hydrogen-bond donors (Lipinski definition) is 1. The summed E-state index contributed by atoms with van der Waals surface area (Å²) in [5.74, 6) is 0.524. The van der Waals surface area contributed by atoms with Crippen LogP contribution in [0.25, 0.3) is 11.0 Å². The van der Waals surface area contributed by atoms with Crippen molar-refractivity contribution in [1.29, 1.82) is 0 Å². The van der Waals surface area contributed by atoms with E-state index in [1.54, 1.807) is 31.9 Å². The first-order valence-corrected chi connectivity index (χ1v) is 10.9. The number of aryl methyl sites for hydroxylation is 3. The highest BCUT2D eigenvalue weighted by Crippen LogP contribution is 2.28. The van der Waals surface area contributed by atoms with Crippen LogP contribution in [0.1, 0.15) is 36.2 Å². The SMILES string of the molecule is CCC(NC(=O)COc1nn(C)c2nc(C)cc(C)c12)c1ccccc1OCC(=O)N(C)C. The van der Waals surface area contributed by atoms with E-state index in [9.17, 15) is 9.59 Å². The van der Waals surface area contributed by atoms with Gasteiger partial charge in [0.25, 0.3) is 11.8 Å². The number of aromatic nitrogens is 3. The van der Waals surface area contributed by atoms with Crippen molar-refractivity contribution in [1.82, 2.24) is 25.0 Å². The van der Waals surface area contributed by atoms with Crippen LogP contribution in [-0.2, 0) is 16.6 Å². The number of amides is 2. The summed E-state index contributed by atoms with van der Waals surface area (Å²) in [5, 5.41) is 8.18. The van der Waals surface area contributed by atoms with E-state index >= 15 is 0 Å². The van der Waals surface area contributed by atoms with Crippen LogP contribution in [-0.4, -0.2) is 58.8 Å². The third-order valence-corrected chi connectivity index (χ3v) is 5.31. The van der Waals surface area contributed by atoms with Crippen molar-refractivity contribution in [2.75, 3.05) is 27.3 Å². The molecule has 0 bridgehead atoms. The molecule has 2 amide bonds. The van der Waals surface area contributed by atoms with E-state index in [1.165, 1.54) is 4.90 Å². The predicted octanol–water partition coefficient (Wildman–Crippen LogP) is 2.70. The molecule has 1 N–H and O–H groups in total. The fourth-order valence-electron chi connectivity index (χ4n) is 3.59. The Labute approximate surface area is 193 Å². The van der Waals surface area contributed by atoms with Gasteiger partial charge in [-0.2, -0.15) is 0 Å². The smallest absolute Gasteiger partial charge is 0.259 e. The third-order valence-electron chi connectivity index (χ3n) is 5.31. The summed E-state index contributed by atoms with van der Waals surface area (Å²) in [4.78, 5) is 30.6. The maximum Gasteiger partial charge on any atom is 0.259 e. The number of hydrogen-bond acceptors (Lipinski definition) is 6. The lowest BCUT2D eigenvalue weighted by Gasteiger charge is -2.21. The normalized spacial score (nSPS) is 11.8. The van der Waals surface area contributed by atoms with Crippen LogP contribution in [0.4, 0.5) is 0 Å². The zero-order valence-corrected chi connectivity index (χ0v) is 20.0. The van der Waals surface area contributed by atoms with Crippen LogP contribution >= 0.6 is 0 Å². The Morgan fingerprint density at radius 1 is 1.15 bits per heavy atom. The molecule has 3 rings (SSSR count). The molecule has 0 radical (unpaired) electrons. The maximum absolute atomic E-state index is 12.7. The van der Waals surface area contributed by atoms with E-state index in [2.05, 4.69) is 15.4 Å². The average Bonchev–Trinajstić information content (AvgIpc) is 3.10. The van der Waals surface area contributed by atoms with Gasteiger partial charge in [0.1, 0.15) is 5.75 Å². The summed E-state index contributed by atoms with van der Waals surface area (Å²) in [6.45, 7) is 5.61. The van der Waals surface area contributed by atoms with E-state index in [0.29, 0.717) is 23.7 Å². The third kappa shape index (κ3) is 5.60. The molecule has 0 aliphatic heterocycles. The predicted molar refractivity (Wildman–Crippen MR) is 125 cm³/mol. The van der Waals surface area contributed by atoms with Gasteiger partial charge in [-0.25, -0.2) is 9.67 Å². The van der Waals surface area contributed by atoms with Gasteiger partial charge >= 0.3 is 0 Å². The molecule has 0 fully saturated rings. The standard InChI is InChI=1S/C24H31N5O4/c1-7-18(17-10-8-9-11-19(17)32-14-21(31)28(4)5)26-20(30)13-33-24-22-15(2)12-16(3)25-23(22)29(6)27-24/h8-12,18H,7,13-14H2,1-6H3,(H,26,30). The lowest BCUT2D eigenvalue weighted by Crippen LogP contribution is -2.33. The number of nitrogens with zero attached hydrogens (tertiary/aromatic N) is 4. The molecule has 33 heavy (non-hydrogen) atoms. The first kappa shape index (κ1) is 24.0. The first-order valence-electron chi connectivity index (χ1n) is 10.9. The molecule has 176 valence electrons. The molecule has 0 aliphatic carbocycles. The first-order chi connectivity index (χ1) is 15.7. The lowest BCUT2D eigenvalue weighted by molar-refractivity contribution is -0.130. The summed E-state index contributed by atoms with van der Waals surface area (Å²) >= 11 is 0. The molecule has 2 heterocycles. The van der Waals surface area contributed by atoms with E-state index in [1.807, 2.05) is 45.0 Å². The summed E-state index contributed by atoms with van der Waals surface area (Å²) in [6.07, 6.45) is 0.641. The van der Waals surface area contributed by atoms with Crippen LogP contribution in [0, 0.1) is 13.8 Å². The molecule has 1 atom stereocenters. The molecule has 0 spiro atoms. The molecule has 9 heteroatoms. The van der Waals surface area contributed by atoms with Gasteiger partial charge in [0.05, 0.1) is 11.4 Å². The number of likely N-dealkylation sites (N-methyl/N-ethyl adjacent to an activating group) is 1. The Morgan fingerprint density at radius 3 is 2.58 bits per heavy atom. The van der Waals surface area contributed by atoms with Crippen LogP contribution in [0.2, 0.25) is 0 Å². The number of nitrogens with one attached hydrogen (secondary N) is 1. The molecule has 3 aromatic rings. The van der Waals surface area contributed by atoms with E-state index in [0.717, 1.165) is 22.2 Å². The lowest BCUT2D eigenvalue weighted by atomic mass is 10.0. The average molecular weight is 454 g/mol. The van der Waals surface area contributed by atoms with Gasteiger partial charge in [0.2, 0.25) is 5.88 Å². The second kappa shape index (κ2) is 10.3.